The third-order valence-corrected chi connectivity index (χ3v) is 4.06. The minimum absolute atomic E-state index is 0.210. The molecule has 0 N–H and O–H groups in total. The van der Waals surface area contributed by atoms with Crippen LogP contribution in [0.4, 0.5) is 4.79 Å². The maximum absolute atomic E-state index is 11.5. The van der Waals surface area contributed by atoms with E-state index in [9.17, 15) is 4.79 Å². The van der Waals surface area contributed by atoms with Gasteiger partial charge in [-0.1, -0.05) is 19.1 Å². The highest BCUT2D eigenvalue weighted by Gasteiger charge is 2.15. The Morgan fingerprint density at radius 1 is 1.00 bits per heavy atom. The van der Waals surface area contributed by atoms with Crippen molar-refractivity contribution in [1.29, 1.82) is 0 Å². The topological polar surface area (TPSA) is 54.0 Å². The van der Waals surface area contributed by atoms with E-state index in [-0.39, 0.29) is 6.61 Å². The Morgan fingerprint density at radius 3 is 2.36 bits per heavy atom. The van der Waals surface area contributed by atoms with Crippen LogP contribution in [0.2, 0.25) is 0 Å². The number of benzene rings is 2. The molecule has 0 saturated carbocycles. The van der Waals surface area contributed by atoms with Crippen LogP contribution in [0.15, 0.2) is 30.3 Å². The van der Waals surface area contributed by atoms with Gasteiger partial charge in [-0.2, -0.15) is 0 Å². The molecule has 25 heavy (non-hydrogen) atoms. The van der Waals surface area contributed by atoms with Gasteiger partial charge in [-0.15, -0.1) is 0 Å². The van der Waals surface area contributed by atoms with Crippen LogP contribution in [-0.2, 0) is 17.8 Å². The standard InChI is InChI=1S/C20H24O5/c1-6-15-10-14(3)19(11-13(15)2)24-12-16-17(22-4)8-7-9-18(16)25-20(21)23-5/h7-11H,6,12H2,1-5H3. The van der Waals surface area contributed by atoms with Crippen molar-refractivity contribution in [1.82, 2.24) is 0 Å². The molecule has 134 valence electrons. The molecule has 2 aromatic rings. The van der Waals surface area contributed by atoms with Crippen LogP contribution in [0.3, 0.4) is 0 Å². The molecule has 0 fully saturated rings. The first-order chi connectivity index (χ1) is 12.0. The molecular weight excluding hydrogens is 320 g/mol. The molecule has 2 aromatic carbocycles. The second-order valence-electron chi connectivity index (χ2n) is 5.68. The average Bonchev–Trinajstić information content (AvgIpc) is 2.62. The van der Waals surface area contributed by atoms with Crippen molar-refractivity contribution in [3.8, 4) is 17.2 Å². The number of hydrogen-bond acceptors (Lipinski definition) is 5. The van der Waals surface area contributed by atoms with Crippen LogP contribution in [-0.4, -0.2) is 20.4 Å². The molecule has 0 unspecified atom stereocenters. The summed E-state index contributed by atoms with van der Waals surface area (Å²) in [6, 6.07) is 9.38. The van der Waals surface area contributed by atoms with Gasteiger partial charge in [0.25, 0.3) is 0 Å². The molecule has 0 aliphatic heterocycles. The van der Waals surface area contributed by atoms with E-state index in [4.69, 9.17) is 14.2 Å². The van der Waals surface area contributed by atoms with Crippen LogP contribution < -0.4 is 14.2 Å². The van der Waals surface area contributed by atoms with Gasteiger partial charge in [-0.25, -0.2) is 4.79 Å². The summed E-state index contributed by atoms with van der Waals surface area (Å²) in [6.07, 6.45) is 0.199. The third kappa shape index (κ3) is 4.44. The van der Waals surface area contributed by atoms with Gasteiger partial charge in [-0.05, 0) is 55.2 Å². The van der Waals surface area contributed by atoms with Gasteiger partial charge in [0.05, 0.1) is 19.8 Å². The van der Waals surface area contributed by atoms with Crippen molar-refractivity contribution in [3.63, 3.8) is 0 Å². The van der Waals surface area contributed by atoms with E-state index in [0.717, 1.165) is 17.7 Å². The maximum Gasteiger partial charge on any atom is 0.513 e. The maximum atomic E-state index is 11.5. The van der Waals surface area contributed by atoms with Crippen molar-refractivity contribution in [2.45, 2.75) is 33.8 Å². The van der Waals surface area contributed by atoms with Crippen molar-refractivity contribution in [2.75, 3.05) is 14.2 Å². The molecule has 5 heteroatoms. The molecule has 0 aliphatic carbocycles. The van der Waals surface area contributed by atoms with Gasteiger partial charge in [0.1, 0.15) is 23.9 Å². The fraction of sp³-hybridized carbons (Fsp3) is 0.350. The molecule has 0 aliphatic rings. The Bertz CT molecular complexity index is 752. The lowest BCUT2D eigenvalue weighted by Crippen LogP contribution is -2.10. The fourth-order valence-corrected chi connectivity index (χ4v) is 2.64. The molecule has 0 atom stereocenters. The molecule has 0 aromatic heterocycles. The summed E-state index contributed by atoms with van der Waals surface area (Å²) < 4.78 is 21.1. The second kappa shape index (κ2) is 8.42. The summed E-state index contributed by atoms with van der Waals surface area (Å²) in [5, 5.41) is 0. The second-order valence-corrected chi connectivity index (χ2v) is 5.68. The van der Waals surface area contributed by atoms with Crippen LogP contribution in [0.5, 0.6) is 17.2 Å². The molecule has 0 saturated heterocycles. The van der Waals surface area contributed by atoms with E-state index in [1.54, 1.807) is 25.3 Å². The van der Waals surface area contributed by atoms with Crippen LogP contribution in [0, 0.1) is 13.8 Å². The van der Waals surface area contributed by atoms with E-state index < -0.39 is 6.16 Å². The summed E-state index contributed by atoms with van der Waals surface area (Å²) in [7, 11) is 2.83. The van der Waals surface area contributed by atoms with E-state index in [1.807, 2.05) is 13.0 Å². The van der Waals surface area contributed by atoms with Crippen molar-refractivity contribution in [2.24, 2.45) is 0 Å². The van der Waals surface area contributed by atoms with Gasteiger partial charge in [0.15, 0.2) is 0 Å². The van der Waals surface area contributed by atoms with Gasteiger partial charge in [-0.3, -0.25) is 0 Å². The molecule has 0 radical (unpaired) electrons. The summed E-state index contributed by atoms with van der Waals surface area (Å²) >= 11 is 0. The lowest BCUT2D eigenvalue weighted by atomic mass is 10.0. The smallest absolute Gasteiger partial charge is 0.496 e. The normalized spacial score (nSPS) is 10.3. The molecule has 0 amide bonds. The molecular formula is C20H24O5. The first kappa shape index (κ1) is 18.6. The third-order valence-electron chi connectivity index (χ3n) is 4.06. The number of hydrogen-bond donors (Lipinski definition) is 0. The van der Waals surface area contributed by atoms with Crippen LogP contribution in [0.25, 0.3) is 0 Å². The molecule has 5 nitrogen and oxygen atoms in total. The molecule has 0 heterocycles. The number of carbonyl (C=O) groups is 1. The number of ether oxygens (including phenoxy) is 4. The van der Waals surface area contributed by atoms with E-state index in [2.05, 4.69) is 24.7 Å². The highest BCUT2D eigenvalue weighted by atomic mass is 16.7. The minimum atomic E-state index is -0.783. The SMILES string of the molecule is CCc1cc(C)c(OCc2c(OC)cccc2OC(=O)OC)cc1C. The largest absolute Gasteiger partial charge is 0.513 e. The lowest BCUT2D eigenvalue weighted by molar-refractivity contribution is 0.120. The Hall–Kier alpha value is -2.69. The molecule has 0 bridgehead atoms. The van der Waals surface area contributed by atoms with Crippen LogP contribution in [0.1, 0.15) is 29.2 Å². The predicted molar refractivity (Wildman–Crippen MR) is 95.7 cm³/mol. The van der Waals surface area contributed by atoms with Gasteiger partial charge < -0.3 is 18.9 Å². The zero-order valence-electron chi connectivity index (χ0n) is 15.3. The van der Waals surface area contributed by atoms with E-state index in [1.165, 1.54) is 18.2 Å². The van der Waals surface area contributed by atoms with E-state index >= 15 is 0 Å². The van der Waals surface area contributed by atoms with Crippen molar-refractivity contribution < 1.29 is 23.7 Å². The zero-order chi connectivity index (χ0) is 18.4. The first-order valence-electron chi connectivity index (χ1n) is 8.14. The summed E-state index contributed by atoms with van der Waals surface area (Å²) in [4.78, 5) is 11.5. The first-order valence-corrected chi connectivity index (χ1v) is 8.14. The van der Waals surface area contributed by atoms with Crippen LogP contribution >= 0.6 is 0 Å². The lowest BCUT2D eigenvalue weighted by Gasteiger charge is -2.16. The van der Waals surface area contributed by atoms with Gasteiger partial charge in [0.2, 0.25) is 0 Å². The number of aryl methyl sites for hydroxylation is 3. The fourth-order valence-electron chi connectivity index (χ4n) is 2.64. The highest BCUT2D eigenvalue weighted by Crippen LogP contribution is 2.31. The number of rotatable bonds is 6. The van der Waals surface area contributed by atoms with Gasteiger partial charge in [0, 0.05) is 0 Å². The number of methoxy groups -OCH3 is 2. The predicted octanol–water partition coefficient (Wildman–Crippen LogP) is 4.60. The zero-order valence-corrected chi connectivity index (χ0v) is 15.3. The van der Waals surface area contributed by atoms with Crippen molar-refractivity contribution >= 4 is 6.16 Å². The minimum Gasteiger partial charge on any atom is -0.496 e. The Balaban J connectivity index is 2.28. The summed E-state index contributed by atoms with van der Waals surface area (Å²) in [5.74, 6) is 1.73. The summed E-state index contributed by atoms with van der Waals surface area (Å²) in [5.41, 5.74) is 4.20. The van der Waals surface area contributed by atoms with Crippen molar-refractivity contribution in [3.05, 3.63) is 52.6 Å². The van der Waals surface area contributed by atoms with E-state index in [0.29, 0.717) is 17.1 Å². The Kier molecular flexibility index (Phi) is 6.28. The Labute approximate surface area is 148 Å². The number of carbonyl (C=O) groups excluding carboxylic acids is 1. The monoisotopic (exact) mass is 344 g/mol. The Morgan fingerprint density at radius 2 is 1.72 bits per heavy atom. The quantitative estimate of drug-likeness (QED) is 0.566. The highest BCUT2D eigenvalue weighted by molar-refractivity contribution is 5.65. The molecule has 0 spiro atoms. The summed E-state index contributed by atoms with van der Waals surface area (Å²) in [6.45, 7) is 6.43. The average molecular weight is 344 g/mol. The molecule has 2 rings (SSSR count). The van der Waals surface area contributed by atoms with Gasteiger partial charge >= 0.3 is 6.16 Å².